The van der Waals surface area contributed by atoms with Gasteiger partial charge in [0.1, 0.15) is 5.58 Å². The zero-order valence-electron chi connectivity index (χ0n) is 15.2. The third kappa shape index (κ3) is 2.85. The Hall–Kier alpha value is -1.85. The van der Waals surface area contributed by atoms with Gasteiger partial charge in [0, 0.05) is 43.2 Å². The number of carbonyl (C=O) groups excluding carboxylic acids is 1. The van der Waals surface area contributed by atoms with Crippen molar-refractivity contribution < 1.29 is 13.9 Å². The molecule has 1 amide bonds. The summed E-state index contributed by atoms with van der Waals surface area (Å²) in [6.07, 6.45) is 0. The van der Waals surface area contributed by atoms with Crippen molar-refractivity contribution in [3.63, 3.8) is 0 Å². The Balaban J connectivity index is 1.57. The Morgan fingerprint density at radius 1 is 1.16 bits per heavy atom. The summed E-state index contributed by atoms with van der Waals surface area (Å²) < 4.78 is 11.5. The number of likely N-dealkylation sites (tertiary alicyclic amines) is 1. The lowest BCUT2D eigenvalue weighted by Gasteiger charge is -2.33. The van der Waals surface area contributed by atoms with Crippen LogP contribution in [-0.4, -0.2) is 61.1 Å². The van der Waals surface area contributed by atoms with E-state index in [1.807, 2.05) is 36.9 Å². The fourth-order valence-electron chi connectivity index (χ4n) is 4.23. The molecular formula is C20H26N2O3. The number of ether oxygens (including phenoxy) is 1. The van der Waals surface area contributed by atoms with Crippen LogP contribution in [-0.2, 0) is 4.74 Å². The minimum absolute atomic E-state index is 0.0238. The monoisotopic (exact) mass is 342 g/mol. The molecule has 134 valence electrons. The molecule has 1 aromatic carbocycles. The van der Waals surface area contributed by atoms with Gasteiger partial charge >= 0.3 is 0 Å². The zero-order chi connectivity index (χ0) is 17.6. The Morgan fingerprint density at radius 2 is 1.92 bits per heavy atom. The molecule has 2 aliphatic rings. The summed E-state index contributed by atoms with van der Waals surface area (Å²) in [6.45, 7) is 11.3. The van der Waals surface area contributed by atoms with E-state index in [0.717, 1.165) is 61.5 Å². The van der Waals surface area contributed by atoms with Crippen molar-refractivity contribution in [3.05, 3.63) is 35.1 Å². The summed E-state index contributed by atoms with van der Waals surface area (Å²) >= 11 is 0. The van der Waals surface area contributed by atoms with Crippen LogP contribution in [0, 0.1) is 19.8 Å². The van der Waals surface area contributed by atoms with Gasteiger partial charge in [0.15, 0.2) is 5.76 Å². The Labute approximate surface area is 148 Å². The van der Waals surface area contributed by atoms with Gasteiger partial charge in [-0.1, -0.05) is 25.1 Å². The van der Waals surface area contributed by atoms with Crippen molar-refractivity contribution >= 4 is 16.9 Å². The normalized spacial score (nSPS) is 25.0. The molecule has 0 spiro atoms. The lowest BCUT2D eigenvalue weighted by molar-refractivity contribution is 0.0119. The Morgan fingerprint density at radius 3 is 2.64 bits per heavy atom. The number of fused-ring (bicyclic) bond motifs is 1. The van der Waals surface area contributed by atoms with Crippen LogP contribution in [0.15, 0.2) is 22.6 Å². The zero-order valence-corrected chi connectivity index (χ0v) is 15.2. The van der Waals surface area contributed by atoms with E-state index in [1.165, 1.54) is 0 Å². The maximum absolute atomic E-state index is 13.1. The molecule has 0 saturated carbocycles. The van der Waals surface area contributed by atoms with E-state index in [4.69, 9.17) is 9.15 Å². The number of hydrogen-bond donors (Lipinski definition) is 0. The molecule has 0 N–H and O–H groups in total. The average molecular weight is 342 g/mol. The van der Waals surface area contributed by atoms with E-state index in [9.17, 15) is 4.79 Å². The summed E-state index contributed by atoms with van der Waals surface area (Å²) in [5.74, 6) is 0.989. The Kier molecular flexibility index (Phi) is 4.29. The van der Waals surface area contributed by atoms with E-state index < -0.39 is 0 Å². The van der Waals surface area contributed by atoms with Crippen molar-refractivity contribution in [1.29, 1.82) is 0 Å². The summed E-state index contributed by atoms with van der Waals surface area (Å²) in [5, 5.41) is 1.04. The highest BCUT2D eigenvalue weighted by Gasteiger charge is 2.38. The number of amides is 1. The standard InChI is InChI=1S/C20H26N2O3/c1-13-5-4-6-16-15(3)19(25-18(13)16)20(23)22-11-14(2)17(12-22)21-7-9-24-10-8-21/h4-6,14,17H,7-12H2,1-3H3/t14-,17+/m1/s1. The van der Waals surface area contributed by atoms with Gasteiger partial charge in [-0.15, -0.1) is 0 Å². The second kappa shape index (κ2) is 6.46. The highest BCUT2D eigenvalue weighted by Crippen LogP contribution is 2.30. The number of hydrogen-bond acceptors (Lipinski definition) is 4. The third-order valence-electron chi connectivity index (χ3n) is 5.73. The summed E-state index contributed by atoms with van der Waals surface area (Å²) in [4.78, 5) is 17.5. The molecule has 25 heavy (non-hydrogen) atoms. The van der Waals surface area contributed by atoms with Crippen LogP contribution in [0.2, 0.25) is 0 Å². The highest BCUT2D eigenvalue weighted by molar-refractivity contribution is 5.99. The van der Waals surface area contributed by atoms with Crippen molar-refractivity contribution in [3.8, 4) is 0 Å². The SMILES string of the molecule is Cc1c(C(=O)N2C[C@@H](C)[C@@H](N3CCOCC3)C2)oc2c(C)cccc12. The van der Waals surface area contributed by atoms with Crippen LogP contribution in [0.3, 0.4) is 0 Å². The highest BCUT2D eigenvalue weighted by atomic mass is 16.5. The van der Waals surface area contributed by atoms with Crippen molar-refractivity contribution in [1.82, 2.24) is 9.80 Å². The first-order valence-corrected chi connectivity index (χ1v) is 9.16. The number of nitrogens with zero attached hydrogens (tertiary/aromatic N) is 2. The van der Waals surface area contributed by atoms with Gasteiger partial charge in [-0.3, -0.25) is 9.69 Å². The van der Waals surface area contributed by atoms with Gasteiger partial charge in [-0.25, -0.2) is 0 Å². The first-order chi connectivity index (χ1) is 12.1. The fraction of sp³-hybridized carbons (Fsp3) is 0.550. The van der Waals surface area contributed by atoms with Gasteiger partial charge < -0.3 is 14.1 Å². The summed E-state index contributed by atoms with van der Waals surface area (Å²) in [6, 6.07) is 6.48. The lowest BCUT2D eigenvalue weighted by atomic mass is 10.0. The van der Waals surface area contributed by atoms with Gasteiger partial charge in [0.2, 0.25) is 0 Å². The number of para-hydroxylation sites is 1. The minimum Gasteiger partial charge on any atom is -0.450 e. The molecule has 0 bridgehead atoms. The largest absolute Gasteiger partial charge is 0.450 e. The van der Waals surface area contributed by atoms with Crippen LogP contribution in [0.25, 0.3) is 11.0 Å². The van der Waals surface area contributed by atoms with E-state index in [1.54, 1.807) is 0 Å². The van der Waals surface area contributed by atoms with Crippen LogP contribution >= 0.6 is 0 Å². The molecule has 3 heterocycles. The minimum atomic E-state index is 0.0238. The molecule has 2 saturated heterocycles. The van der Waals surface area contributed by atoms with Gasteiger partial charge in [0.05, 0.1) is 13.2 Å². The van der Waals surface area contributed by atoms with Crippen LogP contribution in [0.4, 0.5) is 0 Å². The van der Waals surface area contributed by atoms with Gasteiger partial charge in [-0.2, -0.15) is 0 Å². The lowest BCUT2D eigenvalue weighted by Crippen LogP contribution is -2.47. The van der Waals surface area contributed by atoms with E-state index >= 15 is 0 Å². The maximum Gasteiger partial charge on any atom is 0.289 e. The first-order valence-electron chi connectivity index (χ1n) is 9.16. The molecule has 2 aliphatic heterocycles. The van der Waals surface area contributed by atoms with E-state index in [2.05, 4.69) is 11.8 Å². The molecule has 4 rings (SSSR count). The molecule has 2 fully saturated rings. The molecule has 0 aliphatic carbocycles. The number of benzene rings is 1. The number of rotatable bonds is 2. The summed E-state index contributed by atoms with van der Waals surface area (Å²) in [5.41, 5.74) is 2.85. The smallest absolute Gasteiger partial charge is 0.289 e. The molecule has 5 heteroatoms. The molecule has 2 atom stereocenters. The number of carbonyl (C=O) groups is 1. The van der Waals surface area contributed by atoms with Crippen LogP contribution in [0.1, 0.15) is 28.6 Å². The predicted molar refractivity (Wildman–Crippen MR) is 96.9 cm³/mol. The van der Waals surface area contributed by atoms with Gasteiger partial charge in [0.25, 0.3) is 5.91 Å². The second-order valence-corrected chi connectivity index (χ2v) is 7.41. The number of aryl methyl sites for hydroxylation is 2. The van der Waals surface area contributed by atoms with Crippen LogP contribution in [0.5, 0.6) is 0 Å². The van der Waals surface area contributed by atoms with Crippen LogP contribution < -0.4 is 0 Å². The fourth-order valence-corrected chi connectivity index (χ4v) is 4.23. The predicted octanol–water partition coefficient (Wildman–Crippen LogP) is 2.84. The average Bonchev–Trinajstić information content (AvgIpc) is 3.17. The van der Waals surface area contributed by atoms with Crippen molar-refractivity contribution in [2.45, 2.75) is 26.8 Å². The molecule has 0 radical (unpaired) electrons. The molecule has 5 nitrogen and oxygen atoms in total. The first kappa shape index (κ1) is 16.6. The van der Waals surface area contributed by atoms with E-state index in [0.29, 0.717) is 17.7 Å². The number of morpholine rings is 1. The maximum atomic E-state index is 13.1. The molecule has 0 unspecified atom stereocenters. The second-order valence-electron chi connectivity index (χ2n) is 7.41. The van der Waals surface area contributed by atoms with Crippen molar-refractivity contribution in [2.75, 3.05) is 39.4 Å². The van der Waals surface area contributed by atoms with Crippen molar-refractivity contribution in [2.24, 2.45) is 5.92 Å². The van der Waals surface area contributed by atoms with Gasteiger partial charge in [-0.05, 0) is 25.3 Å². The molecular weight excluding hydrogens is 316 g/mol. The number of furan rings is 1. The summed E-state index contributed by atoms with van der Waals surface area (Å²) in [7, 11) is 0. The third-order valence-corrected chi connectivity index (χ3v) is 5.73. The molecule has 1 aromatic heterocycles. The van der Waals surface area contributed by atoms with E-state index in [-0.39, 0.29) is 5.91 Å². The topological polar surface area (TPSA) is 45.9 Å². The molecule has 2 aromatic rings. The quantitative estimate of drug-likeness (QED) is 0.842. The Bertz CT molecular complexity index is 792.